The van der Waals surface area contributed by atoms with Crippen LogP contribution in [0.3, 0.4) is 0 Å². The van der Waals surface area contributed by atoms with Gasteiger partial charge in [-0.05, 0) is 18.8 Å². The van der Waals surface area contributed by atoms with Gasteiger partial charge in [0, 0.05) is 19.6 Å². The van der Waals surface area contributed by atoms with Crippen molar-refractivity contribution >= 4 is 0 Å². The summed E-state index contributed by atoms with van der Waals surface area (Å²) in [5, 5.41) is 13.7. The first kappa shape index (κ1) is 12.5. The minimum Gasteiger partial charge on any atom is -0.392 e. The molecule has 0 saturated carbocycles. The van der Waals surface area contributed by atoms with E-state index in [1.165, 1.54) is 0 Å². The molecule has 1 aromatic rings. The second-order valence-electron chi connectivity index (χ2n) is 4.75. The Balaban J connectivity index is 1.95. The van der Waals surface area contributed by atoms with Crippen molar-refractivity contribution < 1.29 is 14.4 Å². The van der Waals surface area contributed by atoms with Gasteiger partial charge in [-0.15, -0.1) is 0 Å². The van der Waals surface area contributed by atoms with Crippen LogP contribution in [0.15, 0.2) is 4.52 Å². The van der Waals surface area contributed by atoms with Gasteiger partial charge in [0.15, 0.2) is 5.82 Å². The molecular weight excluding hydrogens is 220 g/mol. The zero-order chi connectivity index (χ0) is 12.3. The zero-order valence-electron chi connectivity index (χ0n) is 10.4. The summed E-state index contributed by atoms with van der Waals surface area (Å²) >= 11 is 0. The highest BCUT2D eigenvalue weighted by molar-refractivity contribution is 4.96. The van der Waals surface area contributed by atoms with Crippen LogP contribution in [0.4, 0.5) is 0 Å². The van der Waals surface area contributed by atoms with Gasteiger partial charge in [0.2, 0.25) is 5.89 Å². The fourth-order valence-corrected chi connectivity index (χ4v) is 2.06. The van der Waals surface area contributed by atoms with Crippen LogP contribution in [0, 0.1) is 5.92 Å². The average molecular weight is 240 g/mol. The van der Waals surface area contributed by atoms with Gasteiger partial charge >= 0.3 is 0 Å². The topological polar surface area (TPSA) is 68.4 Å². The highest BCUT2D eigenvalue weighted by Gasteiger charge is 2.23. The third-order valence-corrected chi connectivity index (χ3v) is 3.36. The summed E-state index contributed by atoms with van der Waals surface area (Å²) in [5.74, 6) is 1.67. The first-order valence-electron chi connectivity index (χ1n) is 6.29. The van der Waals surface area contributed by atoms with E-state index >= 15 is 0 Å². The molecule has 1 N–H and O–H groups in total. The van der Waals surface area contributed by atoms with Crippen molar-refractivity contribution in [2.24, 2.45) is 5.92 Å². The third kappa shape index (κ3) is 3.04. The van der Waals surface area contributed by atoms with Crippen LogP contribution in [0.5, 0.6) is 0 Å². The molecule has 1 aliphatic rings. The van der Waals surface area contributed by atoms with E-state index in [1.54, 1.807) is 0 Å². The van der Waals surface area contributed by atoms with E-state index in [9.17, 15) is 5.11 Å². The second-order valence-corrected chi connectivity index (χ2v) is 4.75. The predicted molar refractivity (Wildman–Crippen MR) is 61.6 cm³/mol. The van der Waals surface area contributed by atoms with Gasteiger partial charge in [0.25, 0.3) is 0 Å². The lowest BCUT2D eigenvalue weighted by Gasteiger charge is -2.11. The predicted octanol–water partition coefficient (Wildman–Crippen LogP) is 1.52. The molecule has 0 aliphatic carbocycles. The molecule has 5 nitrogen and oxygen atoms in total. The molecule has 3 unspecified atom stereocenters. The van der Waals surface area contributed by atoms with Crippen molar-refractivity contribution in [1.82, 2.24) is 10.1 Å². The lowest BCUT2D eigenvalue weighted by molar-refractivity contribution is 0.129. The SMILES string of the molecule is CCC(O)C(C)c1nc(CC2CCOC2)no1. The Morgan fingerprint density at radius 3 is 3.00 bits per heavy atom. The Kier molecular flexibility index (Phi) is 4.12. The summed E-state index contributed by atoms with van der Waals surface area (Å²) in [7, 11) is 0. The van der Waals surface area contributed by atoms with Gasteiger partial charge in [0.1, 0.15) is 0 Å². The second kappa shape index (κ2) is 5.60. The first-order chi connectivity index (χ1) is 8.20. The Morgan fingerprint density at radius 2 is 2.35 bits per heavy atom. The summed E-state index contributed by atoms with van der Waals surface area (Å²) in [6.07, 6.45) is 2.14. The summed E-state index contributed by atoms with van der Waals surface area (Å²) < 4.78 is 10.5. The van der Waals surface area contributed by atoms with Crippen LogP contribution in [-0.2, 0) is 11.2 Å². The van der Waals surface area contributed by atoms with Gasteiger partial charge in [-0.2, -0.15) is 4.98 Å². The van der Waals surface area contributed by atoms with Crippen molar-refractivity contribution in [3.8, 4) is 0 Å². The van der Waals surface area contributed by atoms with Crippen molar-refractivity contribution in [2.45, 2.75) is 45.1 Å². The number of nitrogens with zero attached hydrogens (tertiary/aromatic N) is 2. The number of aliphatic hydroxyl groups is 1. The Bertz CT molecular complexity index is 347. The normalized spacial score (nSPS) is 23.8. The van der Waals surface area contributed by atoms with Gasteiger partial charge < -0.3 is 14.4 Å². The van der Waals surface area contributed by atoms with Crippen molar-refractivity contribution in [3.05, 3.63) is 11.7 Å². The van der Waals surface area contributed by atoms with E-state index in [-0.39, 0.29) is 5.92 Å². The number of rotatable bonds is 5. The molecule has 1 saturated heterocycles. The molecule has 17 heavy (non-hydrogen) atoms. The zero-order valence-corrected chi connectivity index (χ0v) is 10.4. The fourth-order valence-electron chi connectivity index (χ4n) is 2.06. The highest BCUT2D eigenvalue weighted by Crippen LogP contribution is 2.21. The van der Waals surface area contributed by atoms with E-state index in [1.807, 2.05) is 13.8 Å². The number of ether oxygens (including phenoxy) is 1. The van der Waals surface area contributed by atoms with Crippen LogP contribution in [-0.4, -0.2) is 34.6 Å². The lowest BCUT2D eigenvalue weighted by atomic mass is 10.0. The molecule has 96 valence electrons. The highest BCUT2D eigenvalue weighted by atomic mass is 16.5. The molecular formula is C12H20N2O3. The molecule has 1 aliphatic heterocycles. The van der Waals surface area contributed by atoms with Crippen molar-refractivity contribution in [1.29, 1.82) is 0 Å². The monoisotopic (exact) mass is 240 g/mol. The van der Waals surface area contributed by atoms with E-state index in [0.29, 0.717) is 18.2 Å². The molecule has 0 spiro atoms. The van der Waals surface area contributed by atoms with Crippen molar-refractivity contribution in [3.63, 3.8) is 0 Å². The summed E-state index contributed by atoms with van der Waals surface area (Å²) in [5.41, 5.74) is 0. The largest absolute Gasteiger partial charge is 0.392 e. The maximum Gasteiger partial charge on any atom is 0.232 e. The summed E-state index contributed by atoms with van der Waals surface area (Å²) in [6, 6.07) is 0. The average Bonchev–Trinajstić information content (AvgIpc) is 2.99. The van der Waals surface area contributed by atoms with Crippen LogP contribution in [0.2, 0.25) is 0 Å². The summed E-state index contributed by atoms with van der Waals surface area (Å²) in [4.78, 5) is 4.35. The van der Waals surface area contributed by atoms with E-state index in [0.717, 1.165) is 31.9 Å². The van der Waals surface area contributed by atoms with Crippen molar-refractivity contribution in [2.75, 3.05) is 13.2 Å². The van der Waals surface area contributed by atoms with Gasteiger partial charge in [-0.1, -0.05) is 19.0 Å². The number of aromatic nitrogens is 2. The molecule has 1 fully saturated rings. The molecule has 0 radical (unpaired) electrons. The molecule has 0 amide bonds. The van der Waals surface area contributed by atoms with E-state index < -0.39 is 6.10 Å². The Morgan fingerprint density at radius 1 is 1.53 bits per heavy atom. The molecule has 0 aromatic carbocycles. The van der Waals surface area contributed by atoms with E-state index in [2.05, 4.69) is 10.1 Å². The first-order valence-corrected chi connectivity index (χ1v) is 6.29. The number of aliphatic hydroxyl groups excluding tert-OH is 1. The third-order valence-electron chi connectivity index (χ3n) is 3.36. The molecule has 0 bridgehead atoms. The van der Waals surface area contributed by atoms with Gasteiger partial charge in [-0.25, -0.2) is 0 Å². The lowest BCUT2D eigenvalue weighted by Crippen LogP contribution is -2.14. The van der Waals surface area contributed by atoms with Gasteiger partial charge in [0.05, 0.1) is 12.0 Å². The van der Waals surface area contributed by atoms with Crippen LogP contribution < -0.4 is 0 Å². The van der Waals surface area contributed by atoms with Crippen LogP contribution in [0.25, 0.3) is 0 Å². The van der Waals surface area contributed by atoms with E-state index in [4.69, 9.17) is 9.26 Å². The number of hydrogen-bond acceptors (Lipinski definition) is 5. The molecule has 1 aromatic heterocycles. The maximum absolute atomic E-state index is 9.73. The smallest absolute Gasteiger partial charge is 0.232 e. The Hall–Kier alpha value is -0.940. The fraction of sp³-hybridized carbons (Fsp3) is 0.833. The maximum atomic E-state index is 9.73. The summed E-state index contributed by atoms with van der Waals surface area (Å²) in [6.45, 7) is 5.47. The molecule has 3 atom stereocenters. The Labute approximate surface area is 101 Å². The minimum atomic E-state index is -0.418. The van der Waals surface area contributed by atoms with Crippen LogP contribution in [0.1, 0.15) is 44.3 Å². The molecule has 2 heterocycles. The standard InChI is InChI=1S/C12H20N2O3/c1-3-10(15)8(2)12-13-11(14-17-12)6-9-4-5-16-7-9/h8-10,15H,3-7H2,1-2H3. The quantitative estimate of drug-likeness (QED) is 0.845. The molecule has 2 rings (SSSR count). The van der Waals surface area contributed by atoms with Gasteiger partial charge in [-0.3, -0.25) is 0 Å². The van der Waals surface area contributed by atoms with Crippen LogP contribution >= 0.6 is 0 Å². The molecule has 5 heteroatoms. The number of hydrogen-bond donors (Lipinski definition) is 1. The minimum absolute atomic E-state index is 0.0962.